The lowest BCUT2D eigenvalue weighted by Crippen LogP contribution is -2.33. The number of piperidine rings is 1. The molecule has 1 saturated heterocycles. The largest absolute Gasteiger partial charge is 0.492 e. The van der Waals surface area contributed by atoms with Crippen LogP contribution in [0.3, 0.4) is 0 Å². The van der Waals surface area contributed by atoms with E-state index >= 15 is 0 Å². The van der Waals surface area contributed by atoms with Gasteiger partial charge in [-0.1, -0.05) is 6.42 Å². The van der Waals surface area contributed by atoms with Crippen molar-refractivity contribution in [1.29, 1.82) is 0 Å². The van der Waals surface area contributed by atoms with E-state index < -0.39 is 0 Å². The predicted octanol–water partition coefficient (Wildman–Crippen LogP) is 1.67. The van der Waals surface area contributed by atoms with Gasteiger partial charge in [-0.3, -0.25) is 9.88 Å². The van der Waals surface area contributed by atoms with Gasteiger partial charge >= 0.3 is 0 Å². The Kier molecular flexibility index (Phi) is 5.42. The van der Waals surface area contributed by atoms with Crippen molar-refractivity contribution in [3.63, 3.8) is 0 Å². The number of rotatable bonds is 6. The molecule has 0 aliphatic carbocycles. The molecule has 1 aliphatic rings. The summed E-state index contributed by atoms with van der Waals surface area (Å²) in [5.74, 6) is 0.955. The molecule has 0 bridgehead atoms. The van der Waals surface area contributed by atoms with Gasteiger partial charge in [-0.15, -0.1) is 0 Å². The first-order valence-electron chi connectivity index (χ1n) is 6.83. The summed E-state index contributed by atoms with van der Waals surface area (Å²) < 4.78 is 5.87. The fourth-order valence-corrected chi connectivity index (χ4v) is 2.35. The lowest BCUT2D eigenvalue weighted by molar-refractivity contribution is 0.182. The summed E-state index contributed by atoms with van der Waals surface area (Å²) in [5, 5.41) is 3.13. The lowest BCUT2D eigenvalue weighted by Gasteiger charge is -2.26. The van der Waals surface area contributed by atoms with Crippen LogP contribution in [0.15, 0.2) is 18.5 Å². The number of aromatic nitrogens is 1. The first-order chi connectivity index (χ1) is 8.90. The summed E-state index contributed by atoms with van der Waals surface area (Å²) in [6.07, 6.45) is 7.71. The van der Waals surface area contributed by atoms with Crippen LogP contribution in [0, 0.1) is 0 Å². The van der Waals surface area contributed by atoms with Gasteiger partial charge in [0.1, 0.15) is 12.4 Å². The minimum atomic E-state index is 0.765. The van der Waals surface area contributed by atoms with Crippen LogP contribution in [0.5, 0.6) is 5.75 Å². The molecule has 1 aromatic heterocycles. The number of nitrogens with one attached hydrogen (secondary N) is 1. The van der Waals surface area contributed by atoms with Crippen molar-refractivity contribution < 1.29 is 4.74 Å². The average Bonchev–Trinajstić information content (AvgIpc) is 2.42. The molecule has 4 nitrogen and oxygen atoms in total. The highest BCUT2D eigenvalue weighted by Crippen LogP contribution is 2.16. The van der Waals surface area contributed by atoms with E-state index in [0.717, 1.165) is 31.0 Å². The van der Waals surface area contributed by atoms with E-state index in [1.807, 2.05) is 19.3 Å². The Labute approximate surface area is 109 Å². The number of likely N-dealkylation sites (tertiary alicyclic amines) is 1. The van der Waals surface area contributed by atoms with E-state index in [1.54, 1.807) is 6.20 Å². The van der Waals surface area contributed by atoms with Crippen molar-refractivity contribution in [1.82, 2.24) is 15.2 Å². The molecular formula is C14H23N3O. The van der Waals surface area contributed by atoms with Gasteiger partial charge in [0.2, 0.25) is 0 Å². The fraction of sp³-hybridized carbons (Fsp3) is 0.643. The Morgan fingerprint density at radius 3 is 2.94 bits per heavy atom. The van der Waals surface area contributed by atoms with Crippen LogP contribution in [-0.2, 0) is 6.54 Å². The zero-order valence-corrected chi connectivity index (χ0v) is 11.2. The molecule has 0 radical (unpaired) electrons. The van der Waals surface area contributed by atoms with Crippen molar-refractivity contribution in [2.24, 2.45) is 0 Å². The van der Waals surface area contributed by atoms with E-state index in [9.17, 15) is 0 Å². The Hall–Kier alpha value is -1.13. The van der Waals surface area contributed by atoms with Gasteiger partial charge in [0.25, 0.3) is 0 Å². The molecular weight excluding hydrogens is 226 g/mol. The van der Waals surface area contributed by atoms with E-state index in [4.69, 9.17) is 4.74 Å². The van der Waals surface area contributed by atoms with E-state index in [-0.39, 0.29) is 0 Å². The molecule has 1 N–H and O–H groups in total. The molecule has 0 saturated carbocycles. The number of nitrogens with zero attached hydrogens (tertiary/aromatic N) is 2. The molecule has 100 valence electrons. The molecule has 0 amide bonds. The maximum Gasteiger partial charge on any atom is 0.126 e. The minimum Gasteiger partial charge on any atom is -0.492 e. The smallest absolute Gasteiger partial charge is 0.126 e. The van der Waals surface area contributed by atoms with Crippen LogP contribution in [0.25, 0.3) is 0 Å². The van der Waals surface area contributed by atoms with Crippen molar-refractivity contribution in [3.05, 3.63) is 24.0 Å². The molecule has 1 fully saturated rings. The molecule has 1 aromatic rings. The van der Waals surface area contributed by atoms with Crippen molar-refractivity contribution >= 4 is 0 Å². The summed E-state index contributed by atoms with van der Waals surface area (Å²) in [5.41, 5.74) is 1.12. The average molecular weight is 249 g/mol. The fourth-order valence-electron chi connectivity index (χ4n) is 2.35. The van der Waals surface area contributed by atoms with Gasteiger partial charge in [0, 0.05) is 31.0 Å². The van der Waals surface area contributed by atoms with Gasteiger partial charge in [-0.25, -0.2) is 0 Å². The third-order valence-corrected chi connectivity index (χ3v) is 3.34. The van der Waals surface area contributed by atoms with E-state index in [2.05, 4.69) is 15.2 Å². The zero-order chi connectivity index (χ0) is 12.6. The molecule has 2 rings (SSSR count). The number of ether oxygens (including phenoxy) is 1. The van der Waals surface area contributed by atoms with E-state index in [0.29, 0.717) is 0 Å². The summed E-state index contributed by atoms with van der Waals surface area (Å²) in [6.45, 7) is 5.04. The SMILES string of the molecule is CNCc1cnccc1OCCN1CCCCC1. The van der Waals surface area contributed by atoms with Crippen LogP contribution < -0.4 is 10.1 Å². The van der Waals surface area contributed by atoms with Crippen molar-refractivity contribution in [2.75, 3.05) is 33.3 Å². The number of hydrogen-bond acceptors (Lipinski definition) is 4. The first kappa shape index (κ1) is 13.3. The third-order valence-electron chi connectivity index (χ3n) is 3.34. The van der Waals surface area contributed by atoms with Crippen LogP contribution in [0.4, 0.5) is 0 Å². The Bertz CT molecular complexity index is 351. The van der Waals surface area contributed by atoms with Crippen LogP contribution >= 0.6 is 0 Å². The second-order valence-electron chi connectivity index (χ2n) is 4.76. The zero-order valence-electron chi connectivity index (χ0n) is 11.2. The predicted molar refractivity (Wildman–Crippen MR) is 72.8 cm³/mol. The third kappa shape index (κ3) is 3.96. The summed E-state index contributed by atoms with van der Waals surface area (Å²) >= 11 is 0. The van der Waals surface area contributed by atoms with Gasteiger partial charge in [0.15, 0.2) is 0 Å². The maximum atomic E-state index is 5.87. The standard InChI is InChI=1S/C14H23N3O/c1-15-11-13-12-16-6-5-14(13)18-10-9-17-7-3-2-4-8-17/h5-6,12,15H,2-4,7-11H2,1H3. The molecule has 18 heavy (non-hydrogen) atoms. The summed E-state index contributed by atoms with van der Waals surface area (Å²) in [4.78, 5) is 6.62. The topological polar surface area (TPSA) is 37.4 Å². The Morgan fingerprint density at radius 1 is 1.33 bits per heavy atom. The second kappa shape index (κ2) is 7.34. The maximum absolute atomic E-state index is 5.87. The van der Waals surface area contributed by atoms with Crippen LogP contribution in [0.2, 0.25) is 0 Å². The van der Waals surface area contributed by atoms with Gasteiger partial charge in [-0.05, 0) is 39.0 Å². The molecule has 0 aromatic carbocycles. The van der Waals surface area contributed by atoms with Gasteiger partial charge in [0.05, 0.1) is 0 Å². The molecule has 2 heterocycles. The summed E-state index contributed by atoms with van der Waals surface area (Å²) in [7, 11) is 1.94. The van der Waals surface area contributed by atoms with Gasteiger partial charge < -0.3 is 10.1 Å². The van der Waals surface area contributed by atoms with Gasteiger partial charge in [-0.2, -0.15) is 0 Å². The molecule has 4 heteroatoms. The molecule has 0 unspecified atom stereocenters. The second-order valence-corrected chi connectivity index (χ2v) is 4.76. The minimum absolute atomic E-state index is 0.765. The van der Waals surface area contributed by atoms with Crippen molar-refractivity contribution in [3.8, 4) is 5.75 Å². The Morgan fingerprint density at radius 2 is 2.17 bits per heavy atom. The molecule has 0 spiro atoms. The number of pyridine rings is 1. The van der Waals surface area contributed by atoms with Crippen LogP contribution in [0.1, 0.15) is 24.8 Å². The molecule has 0 atom stereocenters. The molecule has 1 aliphatic heterocycles. The highest BCUT2D eigenvalue weighted by molar-refractivity contribution is 5.29. The monoisotopic (exact) mass is 249 g/mol. The highest BCUT2D eigenvalue weighted by atomic mass is 16.5. The normalized spacial score (nSPS) is 16.7. The van der Waals surface area contributed by atoms with Crippen LogP contribution in [-0.4, -0.2) is 43.2 Å². The highest BCUT2D eigenvalue weighted by Gasteiger charge is 2.10. The van der Waals surface area contributed by atoms with E-state index in [1.165, 1.54) is 32.4 Å². The summed E-state index contributed by atoms with van der Waals surface area (Å²) in [6, 6.07) is 1.95. The lowest BCUT2D eigenvalue weighted by atomic mass is 10.1. The Balaban J connectivity index is 1.78. The quantitative estimate of drug-likeness (QED) is 0.832. The van der Waals surface area contributed by atoms with Crippen molar-refractivity contribution in [2.45, 2.75) is 25.8 Å². The first-order valence-corrected chi connectivity index (χ1v) is 6.83. The number of hydrogen-bond donors (Lipinski definition) is 1.